The molecule has 0 unspecified atom stereocenters. The lowest BCUT2D eigenvalue weighted by atomic mass is 9.94. The molecule has 5 heterocycles. The van der Waals surface area contributed by atoms with Crippen molar-refractivity contribution in [2.24, 2.45) is 0 Å². The van der Waals surface area contributed by atoms with E-state index in [9.17, 15) is 9.59 Å². The lowest BCUT2D eigenvalue weighted by molar-refractivity contribution is 0.000498. The van der Waals surface area contributed by atoms with Gasteiger partial charge in [0, 0.05) is 24.3 Å². The van der Waals surface area contributed by atoms with Crippen LogP contribution in [0.5, 0.6) is 0 Å². The molecule has 1 aliphatic heterocycles. The van der Waals surface area contributed by atoms with Gasteiger partial charge in [-0.1, -0.05) is 0 Å². The number of imidazole rings is 1. The molecule has 0 bridgehead atoms. The molecular weight excluding hydrogens is 468 g/mol. The molecule has 1 atom stereocenters. The summed E-state index contributed by atoms with van der Waals surface area (Å²) in [5.74, 6) is 0. The van der Waals surface area contributed by atoms with E-state index in [-0.39, 0.29) is 23.2 Å². The monoisotopic (exact) mass is 500 g/mol. The summed E-state index contributed by atoms with van der Waals surface area (Å²) in [6, 6.07) is 7.63. The van der Waals surface area contributed by atoms with Gasteiger partial charge < -0.3 is 14.2 Å². The van der Waals surface area contributed by atoms with Gasteiger partial charge in [0.15, 0.2) is 5.65 Å². The number of hydrogen-bond acceptors (Lipinski definition) is 6. The molecule has 1 spiro atoms. The van der Waals surface area contributed by atoms with Crippen molar-refractivity contribution in [1.82, 2.24) is 29.0 Å². The van der Waals surface area contributed by atoms with Crippen molar-refractivity contribution in [2.45, 2.75) is 77.5 Å². The minimum Gasteiger partial charge on any atom is -0.444 e. The molecule has 1 saturated heterocycles. The standard InChI is InChI=1S/C28H32N6O3/c1-17-14-23(31-34-16-18(2)29-24(17)34)22-7-6-20-21(30-22)9-12-32(25(20)35)19-8-13-33(28(15-19)10-11-28)26(36)37-27(3,4)5/h6-7,9,12,14,16,19H,8,10-11,13,15H2,1-5H3/t19-/m0/s1. The van der Waals surface area contributed by atoms with E-state index in [0.29, 0.717) is 29.6 Å². The smallest absolute Gasteiger partial charge is 0.410 e. The Hall–Kier alpha value is -3.75. The van der Waals surface area contributed by atoms with E-state index in [0.717, 1.165) is 41.9 Å². The second-order valence-corrected chi connectivity index (χ2v) is 11.5. The molecule has 4 aromatic rings. The number of piperidine rings is 1. The van der Waals surface area contributed by atoms with E-state index in [1.54, 1.807) is 4.52 Å². The summed E-state index contributed by atoms with van der Waals surface area (Å²) in [5.41, 5.74) is 4.07. The second-order valence-electron chi connectivity index (χ2n) is 11.5. The fourth-order valence-electron chi connectivity index (χ4n) is 5.56. The number of carbonyl (C=O) groups is 1. The Morgan fingerprint density at radius 3 is 2.62 bits per heavy atom. The Morgan fingerprint density at radius 2 is 1.89 bits per heavy atom. The Balaban J connectivity index is 1.28. The van der Waals surface area contributed by atoms with E-state index in [2.05, 4.69) is 10.1 Å². The summed E-state index contributed by atoms with van der Waals surface area (Å²) < 4.78 is 9.27. The second kappa shape index (κ2) is 8.13. The van der Waals surface area contributed by atoms with E-state index in [1.807, 2.05) is 80.7 Å². The molecule has 9 nitrogen and oxygen atoms in total. The summed E-state index contributed by atoms with van der Waals surface area (Å²) in [6.07, 6.45) is 6.87. The number of pyridine rings is 2. The maximum atomic E-state index is 13.5. The van der Waals surface area contributed by atoms with Crippen LogP contribution in [-0.4, -0.2) is 52.8 Å². The molecule has 9 heteroatoms. The minimum absolute atomic E-state index is 0.0361. The van der Waals surface area contributed by atoms with Gasteiger partial charge in [0.2, 0.25) is 0 Å². The van der Waals surface area contributed by atoms with Crippen LogP contribution in [0.25, 0.3) is 27.9 Å². The highest BCUT2D eigenvalue weighted by atomic mass is 16.6. The summed E-state index contributed by atoms with van der Waals surface area (Å²) in [6.45, 7) is 10.2. The first-order valence-corrected chi connectivity index (χ1v) is 12.9. The van der Waals surface area contributed by atoms with Crippen LogP contribution in [0.1, 0.15) is 63.8 Å². The molecule has 1 aliphatic carbocycles. The van der Waals surface area contributed by atoms with Crippen LogP contribution in [0.15, 0.2) is 41.5 Å². The molecule has 37 heavy (non-hydrogen) atoms. The number of aryl methyl sites for hydroxylation is 2. The summed E-state index contributed by atoms with van der Waals surface area (Å²) in [4.78, 5) is 37.5. The zero-order valence-electron chi connectivity index (χ0n) is 22.0. The third-order valence-electron chi connectivity index (χ3n) is 7.48. The quantitative estimate of drug-likeness (QED) is 0.391. The normalized spacial score (nSPS) is 19.1. The molecule has 4 aromatic heterocycles. The Morgan fingerprint density at radius 1 is 1.11 bits per heavy atom. The van der Waals surface area contributed by atoms with Gasteiger partial charge in [0.25, 0.3) is 5.56 Å². The van der Waals surface area contributed by atoms with Gasteiger partial charge in [-0.05, 0) is 90.1 Å². The van der Waals surface area contributed by atoms with Crippen LogP contribution in [0.4, 0.5) is 4.79 Å². The van der Waals surface area contributed by atoms with Gasteiger partial charge in [-0.3, -0.25) is 4.79 Å². The summed E-state index contributed by atoms with van der Waals surface area (Å²) in [7, 11) is 0. The maximum Gasteiger partial charge on any atom is 0.410 e. The molecular formula is C28H32N6O3. The van der Waals surface area contributed by atoms with Crippen molar-refractivity contribution >= 4 is 22.6 Å². The van der Waals surface area contributed by atoms with E-state index in [4.69, 9.17) is 9.72 Å². The van der Waals surface area contributed by atoms with Crippen LogP contribution >= 0.6 is 0 Å². The van der Waals surface area contributed by atoms with Crippen molar-refractivity contribution < 1.29 is 9.53 Å². The first-order chi connectivity index (χ1) is 17.5. The van der Waals surface area contributed by atoms with Crippen LogP contribution in [0.2, 0.25) is 0 Å². The number of ether oxygens (including phenoxy) is 1. The number of aromatic nitrogens is 5. The molecule has 2 aliphatic rings. The largest absolute Gasteiger partial charge is 0.444 e. The van der Waals surface area contributed by atoms with Crippen LogP contribution in [-0.2, 0) is 4.74 Å². The third kappa shape index (κ3) is 4.16. The van der Waals surface area contributed by atoms with E-state index < -0.39 is 5.60 Å². The fraction of sp³-hybridized carbons (Fsp3) is 0.464. The zero-order chi connectivity index (χ0) is 26.1. The molecule has 2 fully saturated rings. The fourth-order valence-corrected chi connectivity index (χ4v) is 5.56. The number of likely N-dealkylation sites (tertiary alicyclic amines) is 1. The third-order valence-corrected chi connectivity index (χ3v) is 7.48. The SMILES string of the molecule is Cc1cn2nc(-c3ccc4c(=O)n([C@H]5CCN(C(=O)OC(C)(C)C)C6(CC6)C5)ccc4n3)cc(C)c2n1. The lowest BCUT2D eigenvalue weighted by Gasteiger charge is -2.41. The molecule has 0 aromatic carbocycles. The Kier molecular flexibility index (Phi) is 5.19. The number of rotatable bonds is 2. The molecule has 1 amide bonds. The summed E-state index contributed by atoms with van der Waals surface area (Å²) in [5, 5.41) is 5.26. The molecule has 1 saturated carbocycles. The van der Waals surface area contributed by atoms with Crippen LogP contribution < -0.4 is 5.56 Å². The number of amides is 1. The van der Waals surface area contributed by atoms with Crippen molar-refractivity contribution in [2.75, 3.05) is 6.54 Å². The average molecular weight is 501 g/mol. The van der Waals surface area contributed by atoms with Gasteiger partial charge in [-0.15, -0.1) is 0 Å². The Bertz CT molecular complexity index is 1610. The Labute approximate surface area is 215 Å². The van der Waals surface area contributed by atoms with Gasteiger partial charge in [-0.25, -0.2) is 19.3 Å². The first kappa shape index (κ1) is 23.6. The minimum atomic E-state index is -0.525. The van der Waals surface area contributed by atoms with E-state index in [1.165, 1.54) is 0 Å². The maximum absolute atomic E-state index is 13.5. The van der Waals surface area contributed by atoms with Gasteiger partial charge in [0.1, 0.15) is 11.3 Å². The van der Waals surface area contributed by atoms with Crippen molar-refractivity contribution in [1.29, 1.82) is 0 Å². The van der Waals surface area contributed by atoms with E-state index >= 15 is 0 Å². The molecule has 0 N–H and O–H groups in total. The van der Waals surface area contributed by atoms with Gasteiger partial charge in [0.05, 0.1) is 28.5 Å². The van der Waals surface area contributed by atoms with Crippen molar-refractivity contribution in [3.63, 3.8) is 0 Å². The first-order valence-electron chi connectivity index (χ1n) is 12.9. The number of fused-ring (bicyclic) bond motifs is 2. The van der Waals surface area contributed by atoms with Crippen LogP contribution in [0.3, 0.4) is 0 Å². The highest BCUT2D eigenvalue weighted by Crippen LogP contribution is 2.51. The number of nitrogens with zero attached hydrogens (tertiary/aromatic N) is 6. The average Bonchev–Trinajstić information content (AvgIpc) is 3.47. The lowest BCUT2D eigenvalue weighted by Crippen LogP contribution is -2.50. The van der Waals surface area contributed by atoms with Gasteiger partial charge >= 0.3 is 6.09 Å². The molecule has 192 valence electrons. The number of carbonyl (C=O) groups excluding carboxylic acids is 1. The molecule has 0 radical (unpaired) electrons. The number of hydrogen-bond donors (Lipinski definition) is 0. The van der Waals surface area contributed by atoms with Crippen molar-refractivity contribution in [3.05, 3.63) is 58.3 Å². The topological polar surface area (TPSA) is 94.6 Å². The van der Waals surface area contributed by atoms with Crippen molar-refractivity contribution in [3.8, 4) is 11.4 Å². The highest BCUT2D eigenvalue weighted by Gasteiger charge is 2.54. The predicted molar refractivity (Wildman–Crippen MR) is 141 cm³/mol. The summed E-state index contributed by atoms with van der Waals surface area (Å²) >= 11 is 0. The predicted octanol–water partition coefficient (Wildman–Crippen LogP) is 4.83. The highest BCUT2D eigenvalue weighted by molar-refractivity contribution is 5.80. The van der Waals surface area contributed by atoms with Crippen LogP contribution in [0, 0.1) is 13.8 Å². The van der Waals surface area contributed by atoms with Gasteiger partial charge in [-0.2, -0.15) is 5.10 Å². The zero-order valence-corrected chi connectivity index (χ0v) is 22.0. The molecule has 6 rings (SSSR count).